The van der Waals surface area contributed by atoms with Crippen molar-refractivity contribution in [3.8, 4) is 11.5 Å². The van der Waals surface area contributed by atoms with Gasteiger partial charge in [-0.05, 0) is 54.1 Å². The van der Waals surface area contributed by atoms with Gasteiger partial charge >= 0.3 is 0 Å². The summed E-state index contributed by atoms with van der Waals surface area (Å²) in [5.41, 5.74) is 4.02. The molecule has 0 unspecified atom stereocenters. The summed E-state index contributed by atoms with van der Waals surface area (Å²) >= 11 is 1.63. The van der Waals surface area contributed by atoms with Crippen LogP contribution in [0.2, 0.25) is 0 Å². The Balaban J connectivity index is 1.87. The van der Waals surface area contributed by atoms with Gasteiger partial charge in [0.25, 0.3) is 0 Å². The zero-order valence-corrected chi connectivity index (χ0v) is 15.9. The van der Waals surface area contributed by atoms with Crippen LogP contribution in [0.15, 0.2) is 76.9 Å². The van der Waals surface area contributed by atoms with E-state index >= 15 is 0 Å². The van der Waals surface area contributed by atoms with E-state index in [0.717, 1.165) is 43.8 Å². The van der Waals surface area contributed by atoms with E-state index in [-0.39, 0.29) is 0 Å². The molecule has 27 heavy (non-hydrogen) atoms. The SMILES string of the molecule is COc1ccc(C2=C(c3ccc(OC)cc3)Sc3ncccc3C=N2)cc1. The lowest BCUT2D eigenvalue weighted by Crippen LogP contribution is -1.90. The number of fused-ring (bicyclic) bond motifs is 1. The van der Waals surface area contributed by atoms with E-state index in [0.29, 0.717) is 0 Å². The third-order valence-corrected chi connectivity index (χ3v) is 5.43. The van der Waals surface area contributed by atoms with Gasteiger partial charge in [-0.2, -0.15) is 0 Å². The van der Waals surface area contributed by atoms with Crippen LogP contribution >= 0.6 is 11.8 Å². The van der Waals surface area contributed by atoms with Gasteiger partial charge in [0.2, 0.25) is 0 Å². The predicted octanol–water partition coefficient (Wildman–Crippen LogP) is 5.15. The van der Waals surface area contributed by atoms with Crippen LogP contribution in [0.3, 0.4) is 0 Å². The van der Waals surface area contributed by atoms with E-state index in [4.69, 9.17) is 14.5 Å². The highest BCUT2D eigenvalue weighted by Crippen LogP contribution is 2.43. The summed E-state index contributed by atoms with van der Waals surface area (Å²) in [5.74, 6) is 1.64. The van der Waals surface area contributed by atoms with E-state index < -0.39 is 0 Å². The molecule has 134 valence electrons. The molecule has 0 saturated carbocycles. The lowest BCUT2D eigenvalue weighted by atomic mass is 10.1. The number of hydrogen-bond acceptors (Lipinski definition) is 5. The highest BCUT2D eigenvalue weighted by atomic mass is 32.2. The van der Waals surface area contributed by atoms with E-state index in [1.54, 1.807) is 26.0 Å². The largest absolute Gasteiger partial charge is 0.497 e. The van der Waals surface area contributed by atoms with Crippen molar-refractivity contribution < 1.29 is 9.47 Å². The van der Waals surface area contributed by atoms with Crippen LogP contribution in [0.1, 0.15) is 16.7 Å². The summed E-state index contributed by atoms with van der Waals surface area (Å²) < 4.78 is 10.6. The Morgan fingerprint density at radius 1 is 0.778 bits per heavy atom. The third-order valence-electron chi connectivity index (χ3n) is 4.26. The minimum absolute atomic E-state index is 0.820. The Hall–Kier alpha value is -3.05. The van der Waals surface area contributed by atoms with Gasteiger partial charge in [-0.15, -0.1) is 0 Å². The quantitative estimate of drug-likeness (QED) is 0.633. The number of hydrogen-bond donors (Lipinski definition) is 0. The molecule has 5 heteroatoms. The number of aromatic nitrogens is 1. The highest BCUT2D eigenvalue weighted by molar-refractivity contribution is 8.08. The average Bonchev–Trinajstić information content (AvgIpc) is 2.94. The molecule has 4 nitrogen and oxygen atoms in total. The summed E-state index contributed by atoms with van der Waals surface area (Å²) in [5, 5.41) is 0.940. The second-order valence-electron chi connectivity index (χ2n) is 5.89. The van der Waals surface area contributed by atoms with Gasteiger partial charge < -0.3 is 9.47 Å². The molecule has 0 fully saturated rings. The van der Waals surface area contributed by atoms with E-state index in [1.165, 1.54) is 0 Å². The Morgan fingerprint density at radius 3 is 2.04 bits per heavy atom. The smallest absolute Gasteiger partial charge is 0.118 e. The fraction of sp³-hybridized carbons (Fsp3) is 0.0909. The minimum atomic E-state index is 0.820. The Kier molecular flexibility index (Phi) is 4.94. The van der Waals surface area contributed by atoms with Crippen LogP contribution in [0.5, 0.6) is 11.5 Å². The number of ether oxygens (including phenoxy) is 2. The van der Waals surface area contributed by atoms with Crippen molar-refractivity contribution >= 4 is 28.6 Å². The van der Waals surface area contributed by atoms with Gasteiger partial charge in [0, 0.05) is 28.4 Å². The van der Waals surface area contributed by atoms with Crippen LogP contribution in [0.25, 0.3) is 10.6 Å². The molecule has 0 atom stereocenters. The van der Waals surface area contributed by atoms with E-state index in [9.17, 15) is 0 Å². The maximum Gasteiger partial charge on any atom is 0.118 e. The molecule has 1 aromatic heterocycles. The molecule has 4 rings (SSSR count). The van der Waals surface area contributed by atoms with Crippen molar-refractivity contribution in [2.24, 2.45) is 4.99 Å². The Morgan fingerprint density at radius 2 is 1.41 bits per heavy atom. The molecule has 0 saturated heterocycles. The van der Waals surface area contributed by atoms with Crippen molar-refractivity contribution in [3.05, 3.63) is 83.6 Å². The molecular weight excluding hydrogens is 356 g/mol. The Labute approximate surface area is 162 Å². The standard InChI is InChI=1S/C22H18N2O2S/c1-25-18-9-5-15(6-10-18)20-21(16-7-11-19(26-2)12-8-16)27-22-17(14-24-20)4-3-13-23-22/h3-14H,1-2H3. The normalized spacial score (nSPS) is 13.1. The second-order valence-corrected chi connectivity index (χ2v) is 6.89. The average molecular weight is 374 g/mol. The first-order valence-electron chi connectivity index (χ1n) is 8.48. The zero-order chi connectivity index (χ0) is 18.6. The third kappa shape index (κ3) is 3.59. The molecule has 3 aromatic rings. The van der Waals surface area contributed by atoms with Crippen molar-refractivity contribution in [1.29, 1.82) is 0 Å². The maximum absolute atomic E-state index is 5.30. The lowest BCUT2D eigenvalue weighted by molar-refractivity contribution is 0.414. The molecular formula is C22H18N2O2S. The van der Waals surface area contributed by atoms with Crippen LogP contribution in [0, 0.1) is 0 Å². The number of aliphatic imine (C=N–C) groups is 1. The summed E-state index contributed by atoms with van der Waals surface area (Å²) in [4.78, 5) is 10.4. The number of rotatable bonds is 4. The van der Waals surface area contributed by atoms with Crippen LogP contribution < -0.4 is 9.47 Å². The van der Waals surface area contributed by atoms with Gasteiger partial charge in [0.15, 0.2) is 0 Å². The number of thioether (sulfide) groups is 1. The van der Waals surface area contributed by atoms with Gasteiger partial charge in [0.1, 0.15) is 16.5 Å². The zero-order valence-electron chi connectivity index (χ0n) is 15.0. The summed E-state index contributed by atoms with van der Waals surface area (Å²) in [6.07, 6.45) is 3.69. The fourth-order valence-electron chi connectivity index (χ4n) is 2.82. The van der Waals surface area contributed by atoms with Gasteiger partial charge in [-0.1, -0.05) is 23.9 Å². The van der Waals surface area contributed by atoms with Crippen molar-refractivity contribution in [1.82, 2.24) is 4.98 Å². The first-order chi connectivity index (χ1) is 13.3. The molecule has 0 amide bonds. The molecule has 0 N–H and O–H groups in total. The van der Waals surface area contributed by atoms with Crippen LogP contribution in [-0.2, 0) is 0 Å². The molecule has 0 spiro atoms. The van der Waals surface area contributed by atoms with Gasteiger partial charge in [0.05, 0.1) is 19.9 Å². The van der Waals surface area contributed by atoms with E-state index in [2.05, 4.69) is 4.98 Å². The number of pyridine rings is 1. The fourth-order valence-corrected chi connectivity index (χ4v) is 3.88. The van der Waals surface area contributed by atoms with Crippen LogP contribution in [-0.4, -0.2) is 25.4 Å². The van der Waals surface area contributed by atoms with Crippen molar-refractivity contribution in [3.63, 3.8) is 0 Å². The van der Waals surface area contributed by atoms with Gasteiger partial charge in [-0.3, -0.25) is 4.99 Å². The monoisotopic (exact) mass is 374 g/mol. The van der Waals surface area contributed by atoms with E-state index in [1.807, 2.05) is 73.1 Å². The minimum Gasteiger partial charge on any atom is -0.497 e. The van der Waals surface area contributed by atoms with Crippen molar-refractivity contribution in [2.75, 3.05) is 14.2 Å². The van der Waals surface area contributed by atoms with Crippen molar-refractivity contribution in [2.45, 2.75) is 5.03 Å². The summed E-state index contributed by atoms with van der Waals surface area (Å²) in [7, 11) is 3.33. The number of methoxy groups -OCH3 is 2. The molecule has 0 radical (unpaired) electrons. The second kappa shape index (κ2) is 7.68. The number of nitrogens with zero attached hydrogens (tertiary/aromatic N) is 2. The predicted molar refractivity (Wildman–Crippen MR) is 110 cm³/mol. The molecule has 2 aromatic carbocycles. The lowest BCUT2D eigenvalue weighted by Gasteiger charge is -2.12. The summed E-state index contributed by atoms with van der Waals surface area (Å²) in [6.45, 7) is 0. The number of benzene rings is 2. The molecule has 1 aliphatic heterocycles. The maximum atomic E-state index is 5.30. The first kappa shape index (κ1) is 17.4. The summed E-state index contributed by atoms with van der Waals surface area (Å²) in [6, 6.07) is 19.9. The first-order valence-corrected chi connectivity index (χ1v) is 9.30. The molecule has 0 aliphatic carbocycles. The molecule has 0 bridgehead atoms. The van der Waals surface area contributed by atoms with Gasteiger partial charge in [-0.25, -0.2) is 4.98 Å². The highest BCUT2D eigenvalue weighted by Gasteiger charge is 2.18. The molecule has 1 aliphatic rings. The molecule has 2 heterocycles. The van der Waals surface area contributed by atoms with Crippen LogP contribution in [0.4, 0.5) is 0 Å². The topological polar surface area (TPSA) is 43.7 Å². The Bertz CT molecular complexity index is 1010.